The highest BCUT2D eigenvalue weighted by atomic mass is 32.2. The van der Waals surface area contributed by atoms with E-state index in [1.54, 1.807) is 54.6 Å². The van der Waals surface area contributed by atoms with Gasteiger partial charge >= 0.3 is 0 Å². The van der Waals surface area contributed by atoms with Crippen LogP contribution in [0.25, 0.3) is 0 Å². The van der Waals surface area contributed by atoms with Crippen molar-refractivity contribution in [3.05, 3.63) is 54.4 Å². The van der Waals surface area contributed by atoms with E-state index < -0.39 is 15.1 Å². The van der Waals surface area contributed by atoms with Crippen molar-refractivity contribution >= 4 is 15.7 Å². The van der Waals surface area contributed by atoms with Crippen molar-refractivity contribution < 1.29 is 17.9 Å². The first kappa shape index (κ1) is 17.4. The summed E-state index contributed by atoms with van der Waals surface area (Å²) in [5.41, 5.74) is 0.527. The Morgan fingerprint density at radius 1 is 1.16 bits per heavy atom. The van der Waals surface area contributed by atoms with Gasteiger partial charge in [-0.1, -0.05) is 0 Å². The summed E-state index contributed by atoms with van der Waals surface area (Å²) in [4.78, 5) is 18.4. The Kier molecular flexibility index (Phi) is 5.03. The number of carbonyl (C=O) groups is 1. The van der Waals surface area contributed by atoms with Gasteiger partial charge in [0.2, 0.25) is 0 Å². The zero-order valence-electron chi connectivity index (χ0n) is 14.0. The average molecular weight is 360 g/mol. The third-order valence-electron chi connectivity index (χ3n) is 4.46. The number of sulfone groups is 1. The molecule has 1 aliphatic rings. The number of hydrogen-bond acceptors (Lipinski definition) is 5. The lowest BCUT2D eigenvalue weighted by Gasteiger charge is -2.31. The van der Waals surface area contributed by atoms with Crippen LogP contribution in [0.4, 0.5) is 0 Å². The van der Waals surface area contributed by atoms with E-state index in [0.29, 0.717) is 42.1 Å². The molecular formula is C18H20N2O4S. The maximum Gasteiger partial charge on any atom is 0.255 e. The van der Waals surface area contributed by atoms with E-state index >= 15 is 0 Å². The molecule has 25 heavy (non-hydrogen) atoms. The molecule has 3 rings (SSSR count). The summed E-state index contributed by atoms with van der Waals surface area (Å²) in [5, 5.41) is -0.473. The smallest absolute Gasteiger partial charge is 0.255 e. The molecule has 6 nitrogen and oxygen atoms in total. The fourth-order valence-electron chi connectivity index (χ4n) is 3.00. The zero-order valence-corrected chi connectivity index (χ0v) is 14.8. The van der Waals surface area contributed by atoms with Gasteiger partial charge in [-0.3, -0.25) is 9.78 Å². The standard InChI is InChI=1S/C18H20N2O4S/c1-24-15-4-6-16(7-5-15)25(22,23)17-8-11-20(12-9-17)18(21)14-3-2-10-19-13-14/h2-7,10,13,17H,8-9,11-12H2,1H3. The highest BCUT2D eigenvalue weighted by molar-refractivity contribution is 7.92. The van der Waals surface area contributed by atoms with Gasteiger partial charge in [0.25, 0.3) is 5.91 Å². The van der Waals surface area contributed by atoms with E-state index in [9.17, 15) is 13.2 Å². The van der Waals surface area contributed by atoms with Gasteiger partial charge in [0.05, 0.1) is 22.8 Å². The van der Waals surface area contributed by atoms with Gasteiger partial charge in [0.1, 0.15) is 5.75 Å². The first-order chi connectivity index (χ1) is 12.0. The predicted octanol–water partition coefficient (Wildman–Crippen LogP) is 2.17. The molecule has 0 bridgehead atoms. The van der Waals surface area contributed by atoms with Gasteiger partial charge in [-0.05, 0) is 49.2 Å². The van der Waals surface area contributed by atoms with E-state index in [2.05, 4.69) is 4.98 Å². The minimum absolute atomic E-state index is 0.103. The van der Waals surface area contributed by atoms with Gasteiger partial charge < -0.3 is 9.64 Å². The van der Waals surface area contributed by atoms with Crippen LogP contribution in [0, 0.1) is 0 Å². The number of likely N-dealkylation sites (tertiary alicyclic amines) is 1. The maximum absolute atomic E-state index is 12.8. The predicted molar refractivity (Wildman–Crippen MR) is 93.3 cm³/mol. The van der Waals surface area contributed by atoms with Crippen LogP contribution in [0.3, 0.4) is 0 Å². The summed E-state index contributed by atoms with van der Waals surface area (Å²) in [5.74, 6) is 0.518. The van der Waals surface area contributed by atoms with Crippen LogP contribution < -0.4 is 4.74 Å². The van der Waals surface area contributed by atoms with Crippen LogP contribution in [0.5, 0.6) is 5.75 Å². The van der Waals surface area contributed by atoms with Crippen LogP contribution in [0.1, 0.15) is 23.2 Å². The molecule has 0 aliphatic carbocycles. The molecule has 2 aromatic rings. The lowest BCUT2D eigenvalue weighted by molar-refractivity contribution is 0.0725. The molecule has 1 aromatic carbocycles. The summed E-state index contributed by atoms with van der Waals surface area (Å²) < 4.78 is 30.6. The van der Waals surface area contributed by atoms with Crippen molar-refractivity contribution in [1.82, 2.24) is 9.88 Å². The first-order valence-electron chi connectivity index (χ1n) is 8.09. The number of hydrogen-bond donors (Lipinski definition) is 0. The lowest BCUT2D eigenvalue weighted by atomic mass is 10.1. The molecular weight excluding hydrogens is 340 g/mol. The van der Waals surface area contributed by atoms with Gasteiger partial charge in [0.15, 0.2) is 9.84 Å². The first-order valence-corrected chi connectivity index (χ1v) is 9.64. The number of piperidine rings is 1. The number of aromatic nitrogens is 1. The number of ether oxygens (including phenoxy) is 1. The number of benzene rings is 1. The molecule has 1 fully saturated rings. The van der Waals surface area contributed by atoms with Crippen molar-refractivity contribution in [3.8, 4) is 5.75 Å². The Bertz CT molecular complexity index is 827. The third-order valence-corrected chi connectivity index (χ3v) is 6.74. The van der Waals surface area contributed by atoms with Crippen molar-refractivity contribution in [3.63, 3.8) is 0 Å². The van der Waals surface area contributed by atoms with Crippen LogP contribution in [-0.2, 0) is 9.84 Å². The quantitative estimate of drug-likeness (QED) is 0.835. The van der Waals surface area contributed by atoms with Crippen molar-refractivity contribution in [2.24, 2.45) is 0 Å². The fourth-order valence-corrected chi connectivity index (χ4v) is 4.73. The summed E-state index contributed by atoms with van der Waals surface area (Å²) >= 11 is 0. The molecule has 2 heterocycles. The van der Waals surface area contributed by atoms with Crippen LogP contribution >= 0.6 is 0 Å². The molecule has 0 saturated carbocycles. The molecule has 1 aromatic heterocycles. The molecule has 0 unspecified atom stereocenters. The van der Waals surface area contributed by atoms with Gasteiger partial charge in [0, 0.05) is 25.5 Å². The lowest BCUT2D eigenvalue weighted by Crippen LogP contribution is -2.42. The number of rotatable bonds is 4. The average Bonchev–Trinajstić information content (AvgIpc) is 2.68. The Hall–Kier alpha value is -2.41. The van der Waals surface area contributed by atoms with E-state index in [-0.39, 0.29) is 5.91 Å². The SMILES string of the molecule is COc1ccc(S(=O)(=O)C2CCN(C(=O)c3cccnc3)CC2)cc1. The molecule has 0 N–H and O–H groups in total. The maximum atomic E-state index is 12.8. The van der Waals surface area contributed by atoms with Crippen molar-refractivity contribution in [2.45, 2.75) is 23.0 Å². The highest BCUT2D eigenvalue weighted by Gasteiger charge is 2.33. The van der Waals surface area contributed by atoms with Gasteiger partial charge in [-0.15, -0.1) is 0 Å². The Labute approximate surface area is 147 Å². The number of methoxy groups -OCH3 is 1. The molecule has 1 saturated heterocycles. The van der Waals surface area contributed by atoms with Crippen molar-refractivity contribution in [2.75, 3.05) is 20.2 Å². The summed E-state index contributed by atoms with van der Waals surface area (Å²) in [6, 6.07) is 9.87. The molecule has 1 aliphatic heterocycles. The minimum Gasteiger partial charge on any atom is -0.497 e. The minimum atomic E-state index is -3.41. The largest absolute Gasteiger partial charge is 0.497 e. The van der Waals surface area contributed by atoms with Crippen LogP contribution in [-0.4, -0.2) is 49.7 Å². The monoisotopic (exact) mass is 360 g/mol. The number of carbonyl (C=O) groups excluding carboxylic acids is 1. The highest BCUT2D eigenvalue weighted by Crippen LogP contribution is 2.26. The fraction of sp³-hybridized carbons (Fsp3) is 0.333. The summed E-state index contributed by atoms with van der Waals surface area (Å²) in [6.45, 7) is 0.849. The van der Waals surface area contributed by atoms with Crippen LogP contribution in [0.2, 0.25) is 0 Å². The normalized spacial score (nSPS) is 15.8. The topological polar surface area (TPSA) is 76.6 Å². The van der Waals surface area contributed by atoms with Gasteiger partial charge in [-0.25, -0.2) is 8.42 Å². The number of nitrogens with zero attached hydrogens (tertiary/aromatic N) is 2. The molecule has 0 atom stereocenters. The number of amides is 1. The van der Waals surface area contributed by atoms with Crippen LogP contribution in [0.15, 0.2) is 53.7 Å². The molecule has 1 amide bonds. The second-order valence-corrected chi connectivity index (χ2v) is 8.18. The third kappa shape index (κ3) is 3.66. The van der Waals surface area contributed by atoms with E-state index in [1.165, 1.54) is 6.20 Å². The number of pyridine rings is 1. The molecule has 7 heteroatoms. The van der Waals surface area contributed by atoms with Gasteiger partial charge in [-0.2, -0.15) is 0 Å². The Morgan fingerprint density at radius 2 is 1.84 bits per heavy atom. The second kappa shape index (κ2) is 7.23. The Morgan fingerprint density at radius 3 is 2.40 bits per heavy atom. The van der Waals surface area contributed by atoms with E-state index in [1.807, 2.05) is 0 Å². The van der Waals surface area contributed by atoms with E-state index in [0.717, 1.165) is 0 Å². The second-order valence-electron chi connectivity index (χ2n) is 5.95. The summed E-state index contributed by atoms with van der Waals surface area (Å²) in [7, 11) is -1.87. The van der Waals surface area contributed by atoms with Crippen molar-refractivity contribution in [1.29, 1.82) is 0 Å². The van der Waals surface area contributed by atoms with E-state index in [4.69, 9.17) is 4.74 Å². The molecule has 132 valence electrons. The Balaban J connectivity index is 1.67. The summed E-state index contributed by atoms with van der Waals surface area (Å²) in [6.07, 6.45) is 4.01. The zero-order chi connectivity index (χ0) is 17.9. The molecule has 0 spiro atoms. The molecule has 0 radical (unpaired) electrons.